The maximum Gasteiger partial charge on any atom is 0.305 e. The van der Waals surface area contributed by atoms with E-state index in [9.17, 15) is 9.59 Å². The number of thioether (sulfide) groups is 1. The van der Waals surface area contributed by atoms with Gasteiger partial charge in [0, 0.05) is 18.3 Å². The minimum absolute atomic E-state index is 0.0376. The Morgan fingerprint density at radius 1 is 1.17 bits per heavy atom. The number of oxazole rings is 1. The molecule has 0 spiro atoms. The Morgan fingerprint density at radius 2 is 1.87 bits per heavy atom. The highest BCUT2D eigenvalue weighted by atomic mass is 32.2. The lowest BCUT2D eigenvalue weighted by atomic mass is 9.94. The van der Waals surface area contributed by atoms with E-state index in [1.165, 1.54) is 18.4 Å². The number of nitrogens with zero attached hydrogens (tertiary/aromatic N) is 2. The third-order valence-electron chi connectivity index (χ3n) is 4.40. The molecule has 1 atom stereocenters. The lowest BCUT2D eigenvalue weighted by molar-refractivity contribution is -0.140. The minimum atomic E-state index is -0.183. The van der Waals surface area contributed by atoms with Gasteiger partial charge in [-0.25, -0.2) is 9.97 Å². The third kappa shape index (κ3) is 8.10. The van der Waals surface area contributed by atoms with Crippen LogP contribution in [0, 0.1) is 0 Å². The van der Waals surface area contributed by atoms with Crippen LogP contribution in [0.2, 0.25) is 0 Å². The van der Waals surface area contributed by atoms with Crippen LogP contribution in [0.4, 0.5) is 5.13 Å². The summed E-state index contributed by atoms with van der Waals surface area (Å²) in [5.41, 5.74) is -0.0705. The fraction of sp³-hybridized carbons (Fsp3) is 0.619. The molecule has 1 N–H and O–H groups in total. The molecule has 2 aromatic heterocycles. The molecule has 2 rings (SSSR count). The van der Waals surface area contributed by atoms with Gasteiger partial charge in [-0.15, -0.1) is 11.8 Å². The number of hydrogen-bond donors (Lipinski definition) is 1. The lowest BCUT2D eigenvalue weighted by Gasteiger charge is -2.13. The molecule has 0 aliphatic heterocycles. The van der Waals surface area contributed by atoms with E-state index in [4.69, 9.17) is 4.42 Å². The van der Waals surface area contributed by atoms with Gasteiger partial charge in [-0.3, -0.25) is 9.59 Å². The second kappa shape index (κ2) is 11.5. The molecule has 2 aromatic rings. The van der Waals surface area contributed by atoms with Gasteiger partial charge in [0.1, 0.15) is 5.76 Å². The predicted molar refractivity (Wildman–Crippen MR) is 120 cm³/mol. The number of esters is 1. The van der Waals surface area contributed by atoms with Gasteiger partial charge in [-0.05, 0) is 19.8 Å². The maximum atomic E-state index is 12.1. The molecular weight excluding hydrogens is 422 g/mol. The number of hydrogen-bond acceptors (Lipinski definition) is 8. The van der Waals surface area contributed by atoms with Crippen LogP contribution in [-0.4, -0.2) is 29.0 Å². The maximum absolute atomic E-state index is 12.1. The van der Waals surface area contributed by atoms with Crippen LogP contribution in [-0.2, 0) is 19.7 Å². The molecule has 0 aromatic carbocycles. The summed E-state index contributed by atoms with van der Waals surface area (Å²) in [5.74, 6) is 1.34. The van der Waals surface area contributed by atoms with Crippen LogP contribution in [0.3, 0.4) is 0 Å². The molecule has 0 aliphatic carbocycles. The highest BCUT2D eigenvalue weighted by molar-refractivity contribution is 8.01. The third-order valence-corrected chi connectivity index (χ3v) is 6.54. The number of nitrogens with one attached hydrogen (secondary N) is 1. The van der Waals surface area contributed by atoms with Crippen molar-refractivity contribution in [3.8, 4) is 0 Å². The summed E-state index contributed by atoms with van der Waals surface area (Å²) >= 11 is 3.06. The topological polar surface area (TPSA) is 94.3 Å². The van der Waals surface area contributed by atoms with Gasteiger partial charge in [-0.1, -0.05) is 44.9 Å². The molecule has 1 unspecified atom stereocenters. The summed E-state index contributed by atoms with van der Waals surface area (Å²) in [6.07, 6.45) is 7.85. The number of unbranched alkanes of at least 4 members (excludes halogenated alkanes) is 3. The van der Waals surface area contributed by atoms with Gasteiger partial charge >= 0.3 is 5.97 Å². The highest BCUT2D eigenvalue weighted by Crippen LogP contribution is 2.39. The van der Waals surface area contributed by atoms with Crippen molar-refractivity contribution in [1.82, 2.24) is 9.97 Å². The highest BCUT2D eigenvalue weighted by Gasteiger charge is 2.22. The zero-order valence-corrected chi connectivity index (χ0v) is 20.0. The molecule has 2 heterocycles. The Bertz CT molecular complexity index is 826. The Labute approximate surface area is 186 Å². The molecule has 166 valence electrons. The number of amides is 1. The van der Waals surface area contributed by atoms with Gasteiger partial charge in [0.05, 0.1) is 29.0 Å². The van der Waals surface area contributed by atoms with Gasteiger partial charge in [0.15, 0.2) is 5.13 Å². The van der Waals surface area contributed by atoms with Crippen molar-refractivity contribution in [3.05, 3.63) is 24.0 Å². The molecule has 0 bridgehead atoms. The zero-order chi connectivity index (χ0) is 22.1. The van der Waals surface area contributed by atoms with Gasteiger partial charge in [0.25, 0.3) is 0 Å². The fourth-order valence-corrected chi connectivity index (χ4v) is 4.71. The van der Waals surface area contributed by atoms with E-state index in [0.717, 1.165) is 35.7 Å². The van der Waals surface area contributed by atoms with Crippen molar-refractivity contribution in [2.24, 2.45) is 0 Å². The smallest absolute Gasteiger partial charge is 0.305 e. The van der Waals surface area contributed by atoms with Crippen LogP contribution in [0.5, 0.6) is 0 Å². The summed E-state index contributed by atoms with van der Waals surface area (Å²) in [5, 5.41) is 3.51. The Balaban J connectivity index is 1.72. The van der Waals surface area contributed by atoms with Crippen LogP contribution in [0.25, 0.3) is 0 Å². The number of aromatic nitrogens is 2. The van der Waals surface area contributed by atoms with Crippen LogP contribution < -0.4 is 5.32 Å². The molecule has 0 saturated carbocycles. The number of rotatable bonds is 11. The Kier molecular flexibility index (Phi) is 9.36. The monoisotopic (exact) mass is 453 g/mol. The van der Waals surface area contributed by atoms with E-state index in [1.807, 2.05) is 6.92 Å². The van der Waals surface area contributed by atoms with Crippen molar-refractivity contribution in [2.45, 2.75) is 81.1 Å². The van der Waals surface area contributed by atoms with E-state index >= 15 is 0 Å². The quantitative estimate of drug-likeness (QED) is 0.263. The van der Waals surface area contributed by atoms with Crippen molar-refractivity contribution >= 4 is 40.1 Å². The largest absolute Gasteiger partial charge is 0.469 e. The number of carbonyl (C=O) groups excluding carboxylic acids is 2. The molecule has 0 radical (unpaired) electrons. The average molecular weight is 454 g/mol. The van der Waals surface area contributed by atoms with Gasteiger partial charge in [0.2, 0.25) is 11.8 Å². The summed E-state index contributed by atoms with van der Waals surface area (Å²) in [4.78, 5) is 31.8. The van der Waals surface area contributed by atoms with Crippen molar-refractivity contribution in [3.63, 3.8) is 0 Å². The standard InChI is InChI=1S/C21H31N3O4S2/c1-14(19-22-12-15(28-19)21(2,3)4)29-18-13-23-20(30-18)24-16(25)10-8-6-7-9-11-17(26)27-5/h12-14H,6-11H2,1-5H3,(H,23,24,25). The molecule has 1 amide bonds. The fourth-order valence-electron chi connectivity index (χ4n) is 2.61. The SMILES string of the molecule is COC(=O)CCCCCCC(=O)Nc1ncc(SC(C)c2ncc(C(C)(C)C)o2)s1. The summed E-state index contributed by atoms with van der Waals surface area (Å²) in [7, 11) is 1.40. The van der Waals surface area contributed by atoms with Gasteiger partial charge < -0.3 is 14.5 Å². The van der Waals surface area contributed by atoms with E-state index in [-0.39, 0.29) is 22.5 Å². The normalized spacial score (nSPS) is 12.6. The van der Waals surface area contributed by atoms with E-state index in [2.05, 4.69) is 40.8 Å². The second-order valence-corrected chi connectivity index (χ2v) is 10.8. The first-order valence-corrected chi connectivity index (χ1v) is 11.8. The van der Waals surface area contributed by atoms with Crippen molar-refractivity contribution in [1.29, 1.82) is 0 Å². The molecule has 0 aliphatic rings. The predicted octanol–water partition coefficient (Wildman–Crippen LogP) is 5.73. The zero-order valence-electron chi connectivity index (χ0n) is 18.3. The number of thiazole rings is 1. The summed E-state index contributed by atoms with van der Waals surface area (Å²) in [6.45, 7) is 8.32. The van der Waals surface area contributed by atoms with Crippen molar-refractivity contribution < 1.29 is 18.7 Å². The van der Waals surface area contributed by atoms with E-state index in [1.54, 1.807) is 24.2 Å². The van der Waals surface area contributed by atoms with Crippen LogP contribution >= 0.6 is 23.1 Å². The lowest BCUT2D eigenvalue weighted by Crippen LogP contribution is -2.10. The molecule has 7 nitrogen and oxygen atoms in total. The first-order valence-electron chi connectivity index (χ1n) is 10.1. The number of carbonyl (C=O) groups is 2. The van der Waals surface area contributed by atoms with Crippen LogP contribution in [0.1, 0.15) is 83.1 Å². The summed E-state index contributed by atoms with van der Waals surface area (Å²) < 4.78 is 11.5. The van der Waals surface area contributed by atoms with E-state index < -0.39 is 0 Å². The van der Waals surface area contributed by atoms with Gasteiger partial charge in [-0.2, -0.15) is 0 Å². The molecule has 30 heavy (non-hydrogen) atoms. The van der Waals surface area contributed by atoms with E-state index in [0.29, 0.717) is 23.9 Å². The minimum Gasteiger partial charge on any atom is -0.469 e. The second-order valence-electron chi connectivity index (χ2n) is 8.10. The molecule has 0 fully saturated rings. The van der Waals surface area contributed by atoms with Crippen molar-refractivity contribution in [2.75, 3.05) is 12.4 Å². The Hall–Kier alpha value is -1.87. The van der Waals surface area contributed by atoms with Crippen LogP contribution in [0.15, 0.2) is 21.0 Å². The first kappa shape index (κ1) is 24.4. The molecule has 9 heteroatoms. The molecular formula is C21H31N3O4S2. The molecule has 0 saturated heterocycles. The Morgan fingerprint density at radius 3 is 2.50 bits per heavy atom. The number of anilines is 1. The first-order chi connectivity index (χ1) is 14.2. The average Bonchev–Trinajstić information content (AvgIpc) is 3.33. The summed E-state index contributed by atoms with van der Waals surface area (Å²) in [6, 6.07) is 0. The number of methoxy groups -OCH3 is 1. The number of ether oxygens (including phenoxy) is 1.